The van der Waals surface area contributed by atoms with Gasteiger partial charge in [0, 0.05) is 11.1 Å². The number of nitrogens with zero attached hydrogens (tertiary/aromatic N) is 1. The van der Waals surface area contributed by atoms with Gasteiger partial charge >= 0.3 is 0 Å². The lowest BCUT2D eigenvalue weighted by Gasteiger charge is -2.50. The van der Waals surface area contributed by atoms with Crippen LogP contribution in [-0.4, -0.2) is 43.4 Å². The molecule has 2 aromatic carbocycles. The zero-order valence-corrected chi connectivity index (χ0v) is 15.4. The highest BCUT2D eigenvalue weighted by atomic mass is 16.7. The summed E-state index contributed by atoms with van der Waals surface area (Å²) in [4.78, 5) is 0. The molecule has 3 unspecified atom stereocenters. The summed E-state index contributed by atoms with van der Waals surface area (Å²) in [6.45, 7) is 1.40. The van der Waals surface area contributed by atoms with Crippen LogP contribution in [0, 0.1) is 0 Å². The van der Waals surface area contributed by atoms with E-state index < -0.39 is 6.10 Å². The second kappa shape index (κ2) is 5.09. The van der Waals surface area contributed by atoms with Crippen LogP contribution in [0.1, 0.15) is 34.2 Å². The smallest absolute Gasteiger partial charge is 0.231 e. The molecule has 140 valence electrons. The first-order chi connectivity index (χ1) is 13.0. The molecular weight excluding hydrogens is 346 g/mol. The number of hydrogen-bond donors (Lipinski definition) is 1. The number of fused-ring (bicyclic) bond motifs is 7. The Labute approximate surface area is 157 Å². The standard InChI is InChI=1S/C21H22NO5/c1-22(2)8-12-5-17-18(26-10-25-17)6-13(12)20-15(23)3-11-4-16-19(27-9-24-16)7-14(11)21(20)22/h4-7,15,20-21,23H,3,8-10H2,1-2H3/q+1. The molecule has 0 spiro atoms. The van der Waals surface area contributed by atoms with E-state index in [1.807, 2.05) is 6.07 Å². The number of ether oxygens (including phenoxy) is 4. The molecule has 3 heterocycles. The van der Waals surface area contributed by atoms with Gasteiger partial charge in [-0.05, 0) is 41.8 Å². The summed E-state index contributed by atoms with van der Waals surface area (Å²) in [5.74, 6) is 3.18. The van der Waals surface area contributed by atoms with E-state index in [9.17, 15) is 5.11 Å². The maximum Gasteiger partial charge on any atom is 0.231 e. The van der Waals surface area contributed by atoms with Crippen molar-refractivity contribution in [2.75, 3.05) is 27.7 Å². The van der Waals surface area contributed by atoms with Gasteiger partial charge in [0.25, 0.3) is 0 Å². The Balaban J connectivity index is 1.56. The van der Waals surface area contributed by atoms with Gasteiger partial charge in [0.2, 0.25) is 13.6 Å². The minimum absolute atomic E-state index is 0.00567. The lowest BCUT2D eigenvalue weighted by atomic mass is 9.69. The third-order valence-corrected chi connectivity index (χ3v) is 6.46. The van der Waals surface area contributed by atoms with Crippen LogP contribution in [0.4, 0.5) is 0 Å². The van der Waals surface area contributed by atoms with Crippen molar-refractivity contribution in [2.45, 2.75) is 31.0 Å². The molecule has 2 aromatic rings. The molecule has 6 heteroatoms. The van der Waals surface area contributed by atoms with Gasteiger partial charge in [-0.15, -0.1) is 0 Å². The molecule has 0 radical (unpaired) electrons. The normalized spacial score (nSPS) is 28.3. The van der Waals surface area contributed by atoms with Crippen LogP contribution in [0.15, 0.2) is 24.3 Å². The topological polar surface area (TPSA) is 57.2 Å². The van der Waals surface area contributed by atoms with Gasteiger partial charge in [0.1, 0.15) is 12.6 Å². The molecule has 1 aliphatic carbocycles. The van der Waals surface area contributed by atoms with Crippen molar-refractivity contribution in [1.82, 2.24) is 0 Å². The van der Waals surface area contributed by atoms with Crippen molar-refractivity contribution in [3.63, 3.8) is 0 Å². The van der Waals surface area contributed by atoms with Crippen LogP contribution >= 0.6 is 0 Å². The predicted octanol–water partition coefficient (Wildman–Crippen LogP) is 2.48. The summed E-state index contributed by atoms with van der Waals surface area (Å²) in [5.41, 5.74) is 4.82. The predicted molar refractivity (Wildman–Crippen MR) is 96.1 cm³/mol. The number of aliphatic hydroxyl groups is 1. The molecule has 0 aromatic heterocycles. The van der Waals surface area contributed by atoms with Crippen LogP contribution in [0.25, 0.3) is 0 Å². The number of hydrogen-bond acceptors (Lipinski definition) is 5. The van der Waals surface area contributed by atoms with E-state index in [-0.39, 0.29) is 25.5 Å². The molecule has 3 atom stereocenters. The monoisotopic (exact) mass is 368 g/mol. The average molecular weight is 368 g/mol. The van der Waals surface area contributed by atoms with Gasteiger partial charge in [0.05, 0.1) is 26.1 Å². The lowest BCUT2D eigenvalue weighted by molar-refractivity contribution is -0.939. The summed E-state index contributed by atoms with van der Waals surface area (Å²) in [6.07, 6.45) is 0.154. The lowest BCUT2D eigenvalue weighted by Crippen LogP contribution is -2.53. The Morgan fingerprint density at radius 3 is 2.04 bits per heavy atom. The highest BCUT2D eigenvalue weighted by Gasteiger charge is 2.51. The van der Waals surface area contributed by atoms with E-state index in [2.05, 4.69) is 32.3 Å². The molecule has 0 amide bonds. The van der Waals surface area contributed by atoms with E-state index in [1.54, 1.807) is 0 Å². The van der Waals surface area contributed by atoms with E-state index in [4.69, 9.17) is 18.9 Å². The van der Waals surface area contributed by atoms with Gasteiger partial charge in [-0.25, -0.2) is 0 Å². The van der Waals surface area contributed by atoms with Crippen molar-refractivity contribution in [1.29, 1.82) is 0 Å². The van der Waals surface area contributed by atoms with Gasteiger partial charge < -0.3 is 28.5 Å². The summed E-state index contributed by atoms with van der Waals surface area (Å²) in [5, 5.41) is 11.2. The molecule has 0 saturated heterocycles. The maximum atomic E-state index is 11.2. The number of aliphatic hydroxyl groups excluding tert-OH is 1. The van der Waals surface area contributed by atoms with E-state index in [0.29, 0.717) is 6.42 Å². The fourth-order valence-electron chi connectivity index (χ4n) is 5.38. The van der Waals surface area contributed by atoms with E-state index in [1.165, 1.54) is 16.7 Å². The summed E-state index contributed by atoms with van der Waals surface area (Å²) >= 11 is 0. The average Bonchev–Trinajstić information content (AvgIpc) is 3.25. The van der Waals surface area contributed by atoms with Crippen molar-refractivity contribution in [2.24, 2.45) is 0 Å². The van der Waals surface area contributed by atoms with Crippen molar-refractivity contribution >= 4 is 0 Å². The van der Waals surface area contributed by atoms with Crippen LogP contribution < -0.4 is 18.9 Å². The fraction of sp³-hybridized carbons (Fsp3) is 0.429. The van der Waals surface area contributed by atoms with Crippen LogP contribution in [0.2, 0.25) is 0 Å². The summed E-state index contributed by atoms with van der Waals surface area (Å²) in [6, 6.07) is 8.49. The molecule has 0 saturated carbocycles. The van der Waals surface area contributed by atoms with Gasteiger partial charge in [-0.2, -0.15) is 0 Å². The first-order valence-electron chi connectivity index (χ1n) is 9.37. The van der Waals surface area contributed by atoms with Crippen LogP contribution in [0.3, 0.4) is 0 Å². The molecule has 1 N–H and O–H groups in total. The third-order valence-electron chi connectivity index (χ3n) is 6.46. The highest BCUT2D eigenvalue weighted by molar-refractivity contribution is 5.55. The minimum atomic E-state index is -0.459. The molecular formula is C21H22NO5+. The van der Waals surface area contributed by atoms with Gasteiger partial charge in [-0.1, -0.05) is 0 Å². The number of likely N-dealkylation sites (N-methyl/N-ethyl adjacent to an activating group) is 1. The summed E-state index contributed by atoms with van der Waals surface area (Å²) < 4.78 is 23.2. The van der Waals surface area contributed by atoms with Crippen molar-refractivity contribution in [3.8, 4) is 23.0 Å². The Morgan fingerprint density at radius 1 is 0.815 bits per heavy atom. The fourth-order valence-corrected chi connectivity index (χ4v) is 5.38. The molecule has 3 aliphatic heterocycles. The number of rotatable bonds is 0. The minimum Gasteiger partial charge on any atom is -0.454 e. The molecule has 6 nitrogen and oxygen atoms in total. The molecule has 4 aliphatic rings. The number of benzene rings is 2. The molecule has 27 heavy (non-hydrogen) atoms. The molecule has 0 bridgehead atoms. The van der Waals surface area contributed by atoms with Crippen LogP contribution in [-0.2, 0) is 13.0 Å². The second-order valence-corrected chi connectivity index (χ2v) is 8.49. The van der Waals surface area contributed by atoms with Crippen molar-refractivity contribution in [3.05, 3.63) is 46.5 Å². The Kier molecular flexibility index (Phi) is 2.94. The molecule has 6 rings (SSSR count). The third kappa shape index (κ3) is 2.08. The van der Waals surface area contributed by atoms with Gasteiger partial charge in [-0.3, -0.25) is 0 Å². The first-order valence-corrected chi connectivity index (χ1v) is 9.37. The van der Waals surface area contributed by atoms with Gasteiger partial charge in [0.15, 0.2) is 23.0 Å². The van der Waals surface area contributed by atoms with Crippen molar-refractivity contribution < 1.29 is 28.5 Å². The largest absolute Gasteiger partial charge is 0.454 e. The summed E-state index contributed by atoms with van der Waals surface area (Å²) in [7, 11) is 4.47. The number of quaternary nitrogens is 1. The first kappa shape index (κ1) is 15.6. The SMILES string of the molecule is C[N+]1(C)Cc2cc3c(cc2C2C(O)Cc4cc5c(cc4C21)OCO5)OCO3. The zero-order valence-electron chi connectivity index (χ0n) is 15.4. The highest BCUT2D eigenvalue weighted by Crippen LogP contribution is 2.55. The zero-order chi connectivity index (χ0) is 18.3. The maximum absolute atomic E-state index is 11.2. The van der Waals surface area contributed by atoms with Crippen LogP contribution in [0.5, 0.6) is 23.0 Å². The molecule has 0 fully saturated rings. The van der Waals surface area contributed by atoms with E-state index >= 15 is 0 Å². The van der Waals surface area contributed by atoms with E-state index in [0.717, 1.165) is 39.6 Å². The Hall–Kier alpha value is -2.44. The Bertz CT molecular complexity index is 970. The quantitative estimate of drug-likeness (QED) is 0.724. The second-order valence-electron chi connectivity index (χ2n) is 8.49. The Morgan fingerprint density at radius 2 is 1.37 bits per heavy atom.